The van der Waals surface area contributed by atoms with Crippen molar-refractivity contribution < 1.29 is 4.79 Å². The summed E-state index contributed by atoms with van der Waals surface area (Å²) < 4.78 is 1.96. The van der Waals surface area contributed by atoms with Crippen molar-refractivity contribution in [3.63, 3.8) is 0 Å². The lowest BCUT2D eigenvalue weighted by Crippen LogP contribution is -2.45. The van der Waals surface area contributed by atoms with Crippen LogP contribution in [0.25, 0.3) is 0 Å². The van der Waals surface area contributed by atoms with Gasteiger partial charge in [-0.1, -0.05) is 6.92 Å². The van der Waals surface area contributed by atoms with Gasteiger partial charge in [0.15, 0.2) is 0 Å². The van der Waals surface area contributed by atoms with Gasteiger partial charge in [-0.25, -0.2) is 9.78 Å². The third-order valence-electron chi connectivity index (χ3n) is 3.95. The Kier molecular flexibility index (Phi) is 4.24. The molecule has 1 aliphatic heterocycles. The molecular weight excluding hydrogens is 284 g/mol. The van der Waals surface area contributed by atoms with Crippen LogP contribution >= 0.6 is 11.3 Å². The van der Waals surface area contributed by atoms with E-state index in [-0.39, 0.29) is 12.1 Å². The molecule has 1 atom stereocenters. The van der Waals surface area contributed by atoms with E-state index in [1.54, 1.807) is 23.9 Å². The molecule has 2 aromatic heterocycles. The second-order valence-corrected chi connectivity index (χ2v) is 6.20. The lowest BCUT2D eigenvalue weighted by molar-refractivity contribution is 0.167. The van der Waals surface area contributed by atoms with Crippen molar-refractivity contribution in [2.75, 3.05) is 13.1 Å². The van der Waals surface area contributed by atoms with E-state index in [9.17, 15) is 4.79 Å². The normalized spacial score (nSPS) is 17.6. The second-order valence-electron chi connectivity index (χ2n) is 5.20. The minimum atomic E-state index is 0.0406. The molecule has 0 aromatic carbocycles. The van der Waals surface area contributed by atoms with Gasteiger partial charge in [0.25, 0.3) is 0 Å². The Labute approximate surface area is 128 Å². The van der Waals surface area contributed by atoms with Gasteiger partial charge in [0.05, 0.1) is 12.4 Å². The Balaban J connectivity index is 1.59. The number of rotatable bonds is 4. The summed E-state index contributed by atoms with van der Waals surface area (Å²) in [6, 6.07) is 2.42. The highest BCUT2D eigenvalue weighted by molar-refractivity contribution is 7.10. The van der Waals surface area contributed by atoms with Gasteiger partial charge in [-0.3, -0.25) is 0 Å². The van der Waals surface area contributed by atoms with Crippen molar-refractivity contribution in [2.45, 2.75) is 32.4 Å². The SMILES string of the molecule is CC[C@H]1c2ccsc2CCN1C(=O)NCCn1ccnc1. The molecule has 21 heavy (non-hydrogen) atoms. The van der Waals surface area contributed by atoms with Crippen LogP contribution in [0.15, 0.2) is 30.2 Å². The molecule has 0 radical (unpaired) electrons. The molecule has 0 spiro atoms. The fourth-order valence-electron chi connectivity index (χ4n) is 2.89. The smallest absolute Gasteiger partial charge is 0.317 e. The molecule has 0 unspecified atom stereocenters. The summed E-state index contributed by atoms with van der Waals surface area (Å²) in [5.74, 6) is 0. The van der Waals surface area contributed by atoms with E-state index in [4.69, 9.17) is 0 Å². The van der Waals surface area contributed by atoms with Crippen LogP contribution in [-0.4, -0.2) is 33.6 Å². The van der Waals surface area contributed by atoms with E-state index in [0.717, 1.165) is 25.9 Å². The summed E-state index contributed by atoms with van der Waals surface area (Å²) in [5, 5.41) is 5.15. The molecule has 3 rings (SSSR count). The number of nitrogens with zero attached hydrogens (tertiary/aromatic N) is 3. The molecule has 0 saturated carbocycles. The van der Waals surface area contributed by atoms with Crippen LogP contribution in [0.5, 0.6) is 0 Å². The number of carbonyl (C=O) groups excluding carboxylic acids is 1. The molecule has 1 aliphatic rings. The van der Waals surface area contributed by atoms with Gasteiger partial charge >= 0.3 is 6.03 Å². The minimum absolute atomic E-state index is 0.0406. The largest absolute Gasteiger partial charge is 0.336 e. The summed E-state index contributed by atoms with van der Waals surface area (Å²) in [4.78, 5) is 19.8. The molecule has 0 aliphatic carbocycles. The standard InChI is InChI=1S/C15H20N4OS/c1-2-13-12-4-10-21-14(12)3-7-19(13)15(20)17-6-9-18-8-5-16-11-18/h4-5,8,10-11,13H,2-3,6-7,9H2,1H3,(H,17,20)/t13-/m0/s1. The molecule has 112 valence electrons. The van der Waals surface area contributed by atoms with E-state index < -0.39 is 0 Å². The summed E-state index contributed by atoms with van der Waals surface area (Å²) >= 11 is 1.81. The first-order chi connectivity index (χ1) is 10.3. The molecule has 6 heteroatoms. The molecule has 2 aromatic rings. The zero-order chi connectivity index (χ0) is 14.7. The van der Waals surface area contributed by atoms with Gasteiger partial charge in [-0.2, -0.15) is 0 Å². The number of nitrogens with one attached hydrogen (secondary N) is 1. The zero-order valence-electron chi connectivity index (χ0n) is 12.2. The fourth-order valence-corrected chi connectivity index (χ4v) is 3.82. The predicted octanol–water partition coefficient (Wildman–Crippen LogP) is 2.66. The number of fused-ring (bicyclic) bond motifs is 1. The highest BCUT2D eigenvalue weighted by Gasteiger charge is 2.29. The molecular formula is C15H20N4OS. The fraction of sp³-hybridized carbons (Fsp3) is 0.467. The minimum Gasteiger partial charge on any atom is -0.336 e. The lowest BCUT2D eigenvalue weighted by atomic mass is 9.98. The number of amides is 2. The topological polar surface area (TPSA) is 50.2 Å². The highest BCUT2D eigenvalue weighted by Crippen LogP contribution is 2.34. The molecule has 5 nitrogen and oxygen atoms in total. The van der Waals surface area contributed by atoms with Crippen molar-refractivity contribution in [2.24, 2.45) is 0 Å². The molecule has 2 amide bonds. The number of urea groups is 1. The van der Waals surface area contributed by atoms with Crippen LogP contribution < -0.4 is 5.32 Å². The van der Waals surface area contributed by atoms with Gasteiger partial charge in [-0.05, 0) is 29.9 Å². The number of hydrogen-bond donors (Lipinski definition) is 1. The predicted molar refractivity (Wildman–Crippen MR) is 83.4 cm³/mol. The number of hydrogen-bond acceptors (Lipinski definition) is 3. The molecule has 0 fully saturated rings. The maximum atomic E-state index is 12.4. The quantitative estimate of drug-likeness (QED) is 0.944. The van der Waals surface area contributed by atoms with Crippen LogP contribution in [0, 0.1) is 0 Å². The maximum Gasteiger partial charge on any atom is 0.317 e. The van der Waals surface area contributed by atoms with E-state index in [2.05, 4.69) is 28.7 Å². The van der Waals surface area contributed by atoms with Crippen molar-refractivity contribution in [3.8, 4) is 0 Å². The summed E-state index contributed by atoms with van der Waals surface area (Å²) in [7, 11) is 0. The van der Waals surface area contributed by atoms with Crippen molar-refractivity contribution in [1.82, 2.24) is 19.8 Å². The van der Waals surface area contributed by atoms with E-state index in [1.807, 2.05) is 15.7 Å². The van der Waals surface area contributed by atoms with E-state index in [1.165, 1.54) is 10.4 Å². The molecule has 0 saturated heterocycles. The van der Waals surface area contributed by atoms with Crippen LogP contribution in [0.2, 0.25) is 0 Å². The second kappa shape index (κ2) is 6.30. The third-order valence-corrected chi connectivity index (χ3v) is 4.94. The van der Waals surface area contributed by atoms with E-state index in [0.29, 0.717) is 6.54 Å². The van der Waals surface area contributed by atoms with Crippen molar-refractivity contribution >= 4 is 17.4 Å². The first-order valence-electron chi connectivity index (χ1n) is 7.36. The Morgan fingerprint density at radius 3 is 3.24 bits per heavy atom. The monoisotopic (exact) mass is 304 g/mol. The van der Waals surface area contributed by atoms with Crippen LogP contribution in [0.4, 0.5) is 4.79 Å². The average molecular weight is 304 g/mol. The van der Waals surface area contributed by atoms with Gasteiger partial charge in [0, 0.05) is 36.9 Å². The van der Waals surface area contributed by atoms with Gasteiger partial charge in [0.1, 0.15) is 0 Å². The summed E-state index contributed by atoms with van der Waals surface area (Å²) in [6.07, 6.45) is 7.34. The van der Waals surface area contributed by atoms with Gasteiger partial charge in [-0.15, -0.1) is 11.3 Å². The lowest BCUT2D eigenvalue weighted by Gasteiger charge is -2.35. The van der Waals surface area contributed by atoms with Gasteiger partial charge in [0.2, 0.25) is 0 Å². The maximum absolute atomic E-state index is 12.4. The van der Waals surface area contributed by atoms with Crippen molar-refractivity contribution in [3.05, 3.63) is 40.6 Å². The Hall–Kier alpha value is -1.82. The number of thiophene rings is 1. The van der Waals surface area contributed by atoms with Crippen molar-refractivity contribution in [1.29, 1.82) is 0 Å². The van der Waals surface area contributed by atoms with Crippen LogP contribution in [0.1, 0.15) is 29.8 Å². The van der Waals surface area contributed by atoms with Gasteiger partial charge < -0.3 is 14.8 Å². The summed E-state index contributed by atoms with van der Waals surface area (Å²) in [5.41, 5.74) is 1.33. The van der Waals surface area contributed by atoms with E-state index >= 15 is 0 Å². The Bertz CT molecular complexity index is 593. The third kappa shape index (κ3) is 2.95. The number of carbonyl (C=O) groups is 1. The number of imidazole rings is 1. The molecule has 1 N–H and O–H groups in total. The van der Waals surface area contributed by atoms with Crippen LogP contribution in [-0.2, 0) is 13.0 Å². The first-order valence-corrected chi connectivity index (χ1v) is 8.24. The molecule has 3 heterocycles. The average Bonchev–Trinajstić information content (AvgIpc) is 3.16. The summed E-state index contributed by atoms with van der Waals surface area (Å²) in [6.45, 7) is 4.32. The number of aromatic nitrogens is 2. The zero-order valence-corrected chi connectivity index (χ0v) is 13.0. The molecule has 0 bridgehead atoms. The highest BCUT2D eigenvalue weighted by atomic mass is 32.1. The van der Waals surface area contributed by atoms with Crippen LogP contribution in [0.3, 0.4) is 0 Å². The Morgan fingerprint density at radius 1 is 1.57 bits per heavy atom. The first kappa shape index (κ1) is 14.1. The Morgan fingerprint density at radius 2 is 2.48 bits per heavy atom.